The predicted molar refractivity (Wildman–Crippen MR) is 135 cm³/mol. The van der Waals surface area contributed by atoms with Crippen molar-refractivity contribution in [3.63, 3.8) is 0 Å². The number of aromatic nitrogens is 4. The molecule has 1 aliphatic rings. The third-order valence-corrected chi connectivity index (χ3v) is 7.37. The molecule has 0 aliphatic carbocycles. The van der Waals surface area contributed by atoms with Crippen LogP contribution in [-0.2, 0) is 13.1 Å². The number of nitrogens with one attached hydrogen (secondary N) is 1. The van der Waals surface area contributed by atoms with Crippen molar-refractivity contribution in [1.29, 1.82) is 0 Å². The van der Waals surface area contributed by atoms with Gasteiger partial charge in [-0.05, 0) is 55.0 Å². The van der Waals surface area contributed by atoms with Crippen LogP contribution in [0.2, 0.25) is 5.02 Å². The second kappa shape index (κ2) is 12.3. The molecule has 3 aromatic rings. The minimum atomic E-state index is 0.513. The number of piperazine rings is 1. The van der Waals surface area contributed by atoms with Gasteiger partial charge >= 0.3 is 0 Å². The summed E-state index contributed by atoms with van der Waals surface area (Å²) in [6.07, 6.45) is 9.89. The summed E-state index contributed by atoms with van der Waals surface area (Å²) in [6, 6.07) is 6.33. The molecule has 9 heteroatoms. The van der Waals surface area contributed by atoms with Crippen molar-refractivity contribution >= 4 is 29.2 Å². The Morgan fingerprint density at radius 1 is 1.00 bits per heavy atom. The average molecular weight is 484 g/mol. The first-order valence-electron chi connectivity index (χ1n) is 11.3. The fraction of sp³-hybridized carbons (Fsp3) is 0.417. The van der Waals surface area contributed by atoms with E-state index in [1.165, 1.54) is 28.8 Å². The largest absolute Gasteiger partial charge is 0.363 e. The molecule has 1 fully saturated rings. The molecular formula is C24H30ClN7S. The molecule has 4 rings (SSSR count). The van der Waals surface area contributed by atoms with Crippen molar-refractivity contribution in [2.75, 3.05) is 43.8 Å². The van der Waals surface area contributed by atoms with E-state index < -0.39 is 0 Å². The lowest BCUT2D eigenvalue weighted by molar-refractivity contribution is 0.127. The highest BCUT2D eigenvalue weighted by atomic mass is 35.5. The molecule has 0 unspecified atom stereocenters. The Labute approximate surface area is 205 Å². The van der Waals surface area contributed by atoms with Crippen LogP contribution in [0.4, 0.5) is 5.82 Å². The maximum absolute atomic E-state index is 6.13. The molecular weight excluding hydrogens is 454 g/mol. The van der Waals surface area contributed by atoms with E-state index in [2.05, 4.69) is 60.2 Å². The van der Waals surface area contributed by atoms with Crippen LogP contribution >= 0.6 is 23.4 Å². The van der Waals surface area contributed by atoms with Crippen molar-refractivity contribution in [2.45, 2.75) is 31.3 Å². The maximum Gasteiger partial charge on any atom is 0.148 e. The zero-order valence-corrected chi connectivity index (χ0v) is 20.5. The summed E-state index contributed by atoms with van der Waals surface area (Å²) >= 11 is 8.05. The Hall–Kier alpha value is -2.26. The average Bonchev–Trinajstić information content (AvgIpc) is 2.84. The zero-order chi connectivity index (χ0) is 22.9. The van der Waals surface area contributed by atoms with Gasteiger partial charge in [-0.2, -0.15) is 0 Å². The summed E-state index contributed by atoms with van der Waals surface area (Å²) in [5.41, 5.74) is 3.57. The minimum Gasteiger partial charge on any atom is -0.363 e. The van der Waals surface area contributed by atoms with Crippen LogP contribution in [0, 0.1) is 6.92 Å². The normalized spacial score (nSPS) is 15.0. The van der Waals surface area contributed by atoms with Crippen LogP contribution in [0.1, 0.15) is 23.2 Å². The van der Waals surface area contributed by atoms with Gasteiger partial charge < -0.3 is 10.2 Å². The first-order chi connectivity index (χ1) is 16.2. The van der Waals surface area contributed by atoms with Crippen LogP contribution in [0.25, 0.3) is 0 Å². The molecule has 1 aliphatic heterocycles. The number of pyridine rings is 2. The zero-order valence-electron chi connectivity index (χ0n) is 19.0. The van der Waals surface area contributed by atoms with Gasteiger partial charge in [0.15, 0.2) is 0 Å². The highest BCUT2D eigenvalue weighted by Crippen LogP contribution is 2.25. The van der Waals surface area contributed by atoms with Gasteiger partial charge in [0.1, 0.15) is 17.2 Å². The number of thioether (sulfide) groups is 1. The van der Waals surface area contributed by atoms with Gasteiger partial charge in [0.25, 0.3) is 0 Å². The van der Waals surface area contributed by atoms with Gasteiger partial charge in [0.05, 0.1) is 18.4 Å². The first kappa shape index (κ1) is 23.9. The summed E-state index contributed by atoms with van der Waals surface area (Å²) in [6.45, 7) is 9.44. The summed E-state index contributed by atoms with van der Waals surface area (Å²) in [4.78, 5) is 23.2. The van der Waals surface area contributed by atoms with E-state index >= 15 is 0 Å². The quantitative estimate of drug-likeness (QED) is 0.341. The first-order valence-corrected chi connectivity index (χ1v) is 12.7. The van der Waals surface area contributed by atoms with Crippen LogP contribution in [0.3, 0.4) is 0 Å². The van der Waals surface area contributed by atoms with E-state index in [-0.39, 0.29) is 0 Å². The standard InChI is InChI=1S/C24H30ClN7S/c1-19-22(16-29-24-21(25)15-27-18-30-24)28-8-5-23(19)33-14-2-9-31-10-12-32(13-11-31)17-20-3-6-26-7-4-20/h3-8,15,18H,2,9-14,16-17H2,1H3,(H,27,29,30). The topological polar surface area (TPSA) is 70.1 Å². The minimum absolute atomic E-state index is 0.513. The summed E-state index contributed by atoms with van der Waals surface area (Å²) in [7, 11) is 0. The molecule has 0 radical (unpaired) electrons. The lowest BCUT2D eigenvalue weighted by Crippen LogP contribution is -2.46. The molecule has 7 nitrogen and oxygen atoms in total. The molecule has 174 valence electrons. The van der Waals surface area contributed by atoms with E-state index in [1.54, 1.807) is 6.20 Å². The Bertz CT molecular complexity index is 1010. The van der Waals surface area contributed by atoms with E-state index in [4.69, 9.17) is 11.6 Å². The van der Waals surface area contributed by atoms with Crippen molar-refractivity contribution in [3.05, 3.63) is 71.2 Å². The lowest BCUT2D eigenvalue weighted by Gasteiger charge is -2.34. The van der Waals surface area contributed by atoms with Gasteiger partial charge in [0, 0.05) is 56.2 Å². The second-order valence-corrected chi connectivity index (χ2v) is 9.67. The third kappa shape index (κ3) is 7.11. The van der Waals surface area contributed by atoms with Gasteiger partial charge in [-0.1, -0.05) is 11.6 Å². The molecule has 3 aromatic heterocycles. The number of rotatable bonds is 10. The number of halogens is 1. The van der Waals surface area contributed by atoms with Crippen molar-refractivity contribution < 1.29 is 0 Å². The third-order valence-electron chi connectivity index (χ3n) is 5.85. The Morgan fingerprint density at radius 2 is 1.79 bits per heavy atom. The second-order valence-electron chi connectivity index (χ2n) is 8.13. The van der Waals surface area contributed by atoms with Crippen LogP contribution in [0.5, 0.6) is 0 Å². The fourth-order valence-electron chi connectivity index (χ4n) is 3.89. The molecule has 1 N–H and O–H groups in total. The Balaban J connectivity index is 1.17. The molecule has 0 saturated carbocycles. The van der Waals surface area contributed by atoms with E-state index in [0.717, 1.165) is 50.7 Å². The van der Waals surface area contributed by atoms with E-state index in [9.17, 15) is 0 Å². The summed E-state index contributed by atoms with van der Waals surface area (Å²) < 4.78 is 0. The highest BCUT2D eigenvalue weighted by Gasteiger charge is 2.16. The van der Waals surface area contributed by atoms with Crippen LogP contribution in [-0.4, -0.2) is 68.2 Å². The molecule has 33 heavy (non-hydrogen) atoms. The highest BCUT2D eigenvalue weighted by molar-refractivity contribution is 7.99. The molecule has 0 spiro atoms. The van der Waals surface area contributed by atoms with Gasteiger partial charge in [-0.25, -0.2) is 9.97 Å². The number of nitrogens with zero attached hydrogens (tertiary/aromatic N) is 6. The molecule has 0 aromatic carbocycles. The van der Waals surface area contributed by atoms with Crippen molar-refractivity contribution in [3.8, 4) is 0 Å². The molecule has 0 atom stereocenters. The Kier molecular flexibility index (Phi) is 8.88. The molecule has 4 heterocycles. The van der Waals surface area contributed by atoms with Gasteiger partial charge in [-0.15, -0.1) is 11.8 Å². The monoisotopic (exact) mass is 483 g/mol. The number of anilines is 1. The summed E-state index contributed by atoms with van der Waals surface area (Å²) in [5.74, 6) is 1.74. The van der Waals surface area contributed by atoms with Crippen LogP contribution < -0.4 is 5.32 Å². The Morgan fingerprint density at radius 3 is 2.58 bits per heavy atom. The molecule has 0 bridgehead atoms. The predicted octanol–water partition coefficient (Wildman–Crippen LogP) is 4.14. The maximum atomic E-state index is 6.13. The van der Waals surface area contributed by atoms with Gasteiger partial charge in [0.2, 0.25) is 0 Å². The van der Waals surface area contributed by atoms with Crippen molar-refractivity contribution in [2.24, 2.45) is 0 Å². The number of hydrogen-bond acceptors (Lipinski definition) is 8. The molecule has 0 amide bonds. The number of hydrogen-bond donors (Lipinski definition) is 1. The van der Waals surface area contributed by atoms with Crippen LogP contribution in [0.15, 0.2) is 54.2 Å². The van der Waals surface area contributed by atoms with Gasteiger partial charge in [-0.3, -0.25) is 14.9 Å². The lowest BCUT2D eigenvalue weighted by atomic mass is 10.2. The van der Waals surface area contributed by atoms with E-state index in [1.807, 2.05) is 30.4 Å². The smallest absolute Gasteiger partial charge is 0.148 e. The SMILES string of the molecule is Cc1c(SCCCN2CCN(Cc3ccncc3)CC2)ccnc1CNc1ncncc1Cl. The molecule has 1 saturated heterocycles. The van der Waals surface area contributed by atoms with E-state index in [0.29, 0.717) is 17.4 Å². The fourth-order valence-corrected chi connectivity index (χ4v) is 5.05. The van der Waals surface area contributed by atoms with Crippen molar-refractivity contribution in [1.82, 2.24) is 29.7 Å². The summed E-state index contributed by atoms with van der Waals surface area (Å²) in [5, 5.41) is 3.77.